The van der Waals surface area contributed by atoms with Crippen molar-refractivity contribution in [2.24, 2.45) is 0 Å². The van der Waals surface area contributed by atoms with E-state index < -0.39 is 0 Å². The van der Waals surface area contributed by atoms with Gasteiger partial charge >= 0.3 is 0 Å². The largest absolute Gasteiger partial charge is 0.316 e. The maximum Gasteiger partial charge on any atom is 0.0199 e. The van der Waals surface area contributed by atoms with Crippen LogP contribution in [-0.4, -0.2) is 18.8 Å². The molecular formula is C19H25NS. The molecule has 2 aromatic carbocycles. The lowest BCUT2D eigenvalue weighted by Gasteiger charge is -2.16. The van der Waals surface area contributed by atoms with Crippen molar-refractivity contribution in [3.05, 3.63) is 65.2 Å². The number of thioether (sulfide) groups is 1. The molecular weight excluding hydrogens is 274 g/mol. The lowest BCUT2D eigenvalue weighted by molar-refractivity contribution is 0.617. The molecule has 0 aromatic heterocycles. The van der Waals surface area contributed by atoms with Crippen LogP contribution in [0.15, 0.2) is 53.4 Å². The van der Waals surface area contributed by atoms with Crippen molar-refractivity contribution >= 4 is 11.8 Å². The molecule has 0 amide bonds. The minimum Gasteiger partial charge on any atom is -0.316 e. The zero-order valence-corrected chi connectivity index (χ0v) is 14.0. The minimum absolute atomic E-state index is 0.503. The molecule has 1 N–H and O–H groups in total. The van der Waals surface area contributed by atoms with E-state index >= 15 is 0 Å². The zero-order valence-electron chi connectivity index (χ0n) is 13.2. The van der Waals surface area contributed by atoms with Crippen LogP contribution in [0.25, 0.3) is 0 Å². The molecule has 0 spiro atoms. The molecule has 0 aliphatic heterocycles. The number of benzene rings is 2. The van der Waals surface area contributed by atoms with Gasteiger partial charge < -0.3 is 5.32 Å². The van der Waals surface area contributed by atoms with Gasteiger partial charge in [-0.25, -0.2) is 0 Å². The van der Waals surface area contributed by atoms with Gasteiger partial charge in [-0.3, -0.25) is 0 Å². The maximum absolute atomic E-state index is 3.44. The smallest absolute Gasteiger partial charge is 0.0199 e. The number of rotatable bonds is 7. The van der Waals surface area contributed by atoms with Crippen molar-refractivity contribution < 1.29 is 0 Å². The highest BCUT2D eigenvalue weighted by molar-refractivity contribution is 7.99. The van der Waals surface area contributed by atoms with Crippen LogP contribution in [0, 0.1) is 6.92 Å². The molecule has 0 bridgehead atoms. The number of likely N-dealkylation sites (N-methyl/N-ethyl adjacent to an activating group) is 1. The van der Waals surface area contributed by atoms with Gasteiger partial charge in [-0.15, -0.1) is 11.8 Å². The van der Waals surface area contributed by atoms with Gasteiger partial charge in [0.2, 0.25) is 0 Å². The Labute approximate surface area is 133 Å². The molecule has 0 heterocycles. The standard InChI is InChI=1S/C19H25NS/c1-4-16-8-10-17(11-9-16)13-18(20-3)14-21-19-7-5-6-15(2)12-19/h5-12,18,20H,4,13-14H2,1-3H3. The Balaban J connectivity index is 1.90. The first-order valence-corrected chi connectivity index (χ1v) is 8.64. The molecule has 0 aliphatic carbocycles. The molecule has 1 nitrogen and oxygen atoms in total. The monoisotopic (exact) mass is 299 g/mol. The Morgan fingerprint density at radius 2 is 1.76 bits per heavy atom. The second-order valence-electron chi connectivity index (χ2n) is 5.49. The van der Waals surface area contributed by atoms with E-state index in [-0.39, 0.29) is 0 Å². The molecule has 112 valence electrons. The number of nitrogens with one attached hydrogen (secondary N) is 1. The van der Waals surface area contributed by atoms with E-state index in [1.165, 1.54) is 21.6 Å². The number of aryl methyl sites for hydroxylation is 2. The normalized spacial score (nSPS) is 12.3. The van der Waals surface area contributed by atoms with Crippen LogP contribution in [-0.2, 0) is 12.8 Å². The minimum atomic E-state index is 0.503. The van der Waals surface area contributed by atoms with E-state index in [0.29, 0.717) is 6.04 Å². The van der Waals surface area contributed by atoms with Gasteiger partial charge in [0.1, 0.15) is 0 Å². The Bertz CT molecular complexity index is 548. The van der Waals surface area contributed by atoms with Crippen LogP contribution in [0.3, 0.4) is 0 Å². The van der Waals surface area contributed by atoms with E-state index in [9.17, 15) is 0 Å². The Hall–Kier alpha value is -1.25. The van der Waals surface area contributed by atoms with Crippen molar-refractivity contribution in [2.75, 3.05) is 12.8 Å². The predicted octanol–water partition coefficient (Wildman–Crippen LogP) is 4.48. The van der Waals surface area contributed by atoms with Crippen LogP contribution in [0.4, 0.5) is 0 Å². The molecule has 21 heavy (non-hydrogen) atoms. The Kier molecular flexibility index (Phi) is 6.34. The van der Waals surface area contributed by atoms with E-state index in [4.69, 9.17) is 0 Å². The number of hydrogen-bond acceptors (Lipinski definition) is 2. The zero-order chi connectivity index (χ0) is 15.1. The molecule has 0 saturated heterocycles. The Morgan fingerprint density at radius 1 is 1.05 bits per heavy atom. The topological polar surface area (TPSA) is 12.0 Å². The van der Waals surface area contributed by atoms with Gasteiger partial charge in [-0.2, -0.15) is 0 Å². The van der Waals surface area contributed by atoms with Gasteiger partial charge in [0.05, 0.1) is 0 Å². The molecule has 1 atom stereocenters. The summed E-state index contributed by atoms with van der Waals surface area (Å²) >= 11 is 1.93. The van der Waals surface area contributed by atoms with Gasteiger partial charge in [0.25, 0.3) is 0 Å². The van der Waals surface area contributed by atoms with E-state index in [1.807, 2.05) is 11.8 Å². The van der Waals surface area contributed by atoms with E-state index in [1.54, 1.807) is 0 Å². The molecule has 0 fully saturated rings. The lowest BCUT2D eigenvalue weighted by atomic mass is 10.0. The van der Waals surface area contributed by atoms with Crippen molar-refractivity contribution in [1.29, 1.82) is 0 Å². The first kappa shape index (κ1) is 16.1. The third-order valence-corrected chi connectivity index (χ3v) is 4.92. The first-order chi connectivity index (χ1) is 10.2. The van der Waals surface area contributed by atoms with Crippen LogP contribution in [0.2, 0.25) is 0 Å². The molecule has 2 heteroatoms. The summed E-state index contributed by atoms with van der Waals surface area (Å²) in [6.45, 7) is 4.35. The average molecular weight is 299 g/mol. The third kappa shape index (κ3) is 5.22. The van der Waals surface area contributed by atoms with E-state index in [2.05, 4.69) is 74.7 Å². The lowest BCUT2D eigenvalue weighted by Crippen LogP contribution is -2.30. The van der Waals surface area contributed by atoms with Gasteiger partial charge in [-0.05, 0) is 50.1 Å². The summed E-state index contributed by atoms with van der Waals surface area (Å²) in [7, 11) is 2.06. The summed E-state index contributed by atoms with van der Waals surface area (Å²) in [4.78, 5) is 1.36. The third-order valence-electron chi connectivity index (χ3n) is 3.76. The SMILES string of the molecule is CCc1ccc(CC(CSc2cccc(C)c2)NC)cc1. The first-order valence-electron chi connectivity index (χ1n) is 7.65. The molecule has 2 aromatic rings. The van der Waals surface area contributed by atoms with Gasteiger partial charge in [0, 0.05) is 16.7 Å². The second kappa shape index (κ2) is 8.26. The average Bonchev–Trinajstić information content (AvgIpc) is 2.52. The fraction of sp³-hybridized carbons (Fsp3) is 0.368. The van der Waals surface area contributed by atoms with Crippen molar-refractivity contribution in [3.8, 4) is 0 Å². The maximum atomic E-state index is 3.44. The molecule has 0 aliphatic rings. The van der Waals surface area contributed by atoms with Gasteiger partial charge in [-0.1, -0.05) is 48.9 Å². The van der Waals surface area contributed by atoms with Crippen LogP contribution in [0.1, 0.15) is 23.6 Å². The summed E-state index contributed by atoms with van der Waals surface area (Å²) < 4.78 is 0. The van der Waals surface area contributed by atoms with Crippen LogP contribution in [0.5, 0.6) is 0 Å². The fourth-order valence-corrected chi connectivity index (χ4v) is 3.46. The molecule has 1 unspecified atom stereocenters. The second-order valence-corrected chi connectivity index (χ2v) is 6.58. The summed E-state index contributed by atoms with van der Waals surface area (Å²) in [5, 5.41) is 3.44. The summed E-state index contributed by atoms with van der Waals surface area (Å²) in [5.74, 6) is 1.09. The highest BCUT2D eigenvalue weighted by atomic mass is 32.2. The highest BCUT2D eigenvalue weighted by Crippen LogP contribution is 2.21. The van der Waals surface area contributed by atoms with Crippen molar-refractivity contribution in [3.63, 3.8) is 0 Å². The van der Waals surface area contributed by atoms with Crippen molar-refractivity contribution in [2.45, 2.75) is 37.6 Å². The summed E-state index contributed by atoms with van der Waals surface area (Å²) in [5.41, 5.74) is 4.15. The molecule has 2 rings (SSSR count). The van der Waals surface area contributed by atoms with Crippen LogP contribution < -0.4 is 5.32 Å². The summed E-state index contributed by atoms with van der Waals surface area (Å²) in [6, 6.07) is 18.3. The van der Waals surface area contributed by atoms with E-state index in [0.717, 1.165) is 18.6 Å². The number of hydrogen-bond donors (Lipinski definition) is 1. The molecule has 0 saturated carbocycles. The quantitative estimate of drug-likeness (QED) is 0.757. The van der Waals surface area contributed by atoms with Crippen molar-refractivity contribution in [1.82, 2.24) is 5.32 Å². The van der Waals surface area contributed by atoms with Crippen LogP contribution >= 0.6 is 11.8 Å². The predicted molar refractivity (Wildman–Crippen MR) is 94.3 cm³/mol. The fourth-order valence-electron chi connectivity index (χ4n) is 2.34. The molecule has 0 radical (unpaired) electrons. The Morgan fingerprint density at radius 3 is 2.38 bits per heavy atom. The van der Waals surface area contributed by atoms with Gasteiger partial charge in [0.15, 0.2) is 0 Å². The summed E-state index contributed by atoms with van der Waals surface area (Å²) in [6.07, 6.45) is 2.19. The highest BCUT2D eigenvalue weighted by Gasteiger charge is 2.08.